The molecule has 2 aromatic carbocycles. The summed E-state index contributed by atoms with van der Waals surface area (Å²) < 4.78 is 88.0. The summed E-state index contributed by atoms with van der Waals surface area (Å²) in [4.78, 5) is 21.6. The van der Waals surface area contributed by atoms with Crippen LogP contribution in [0.3, 0.4) is 0 Å². The average Bonchev–Trinajstić information content (AvgIpc) is 3.10. The van der Waals surface area contributed by atoms with Crippen LogP contribution >= 0.6 is 0 Å². The molecule has 0 N–H and O–H groups in total. The van der Waals surface area contributed by atoms with Crippen LogP contribution in [0.4, 0.5) is 37.8 Å². The number of nitrogens with zero attached hydrogens (tertiary/aromatic N) is 4. The third kappa shape index (κ3) is 5.75. The van der Waals surface area contributed by atoms with E-state index in [1.54, 1.807) is 4.90 Å². The SMILES string of the molecule is C=C1c2c(-c3ccccc3C)cc(N3CCN(C(C)=O)CC3)nc2OCCN1c1cc(C(F)(F)F)cc(C(F)(F)F)c1. The molecule has 1 fully saturated rings. The summed E-state index contributed by atoms with van der Waals surface area (Å²) in [6.45, 7) is 9.47. The van der Waals surface area contributed by atoms with Crippen molar-refractivity contribution in [3.05, 3.63) is 77.4 Å². The normalized spacial score (nSPS) is 16.2. The van der Waals surface area contributed by atoms with Gasteiger partial charge in [-0.2, -0.15) is 31.3 Å². The Bertz CT molecular complexity index is 1490. The van der Waals surface area contributed by atoms with Crippen LogP contribution in [0.25, 0.3) is 16.8 Å². The Morgan fingerprint density at radius 2 is 1.50 bits per heavy atom. The zero-order valence-corrected chi connectivity index (χ0v) is 22.9. The van der Waals surface area contributed by atoms with Gasteiger partial charge in [0, 0.05) is 50.1 Å². The lowest BCUT2D eigenvalue weighted by atomic mass is 9.94. The number of ether oxygens (including phenoxy) is 1. The number of pyridine rings is 1. The number of amides is 1. The van der Waals surface area contributed by atoms with E-state index in [1.807, 2.05) is 42.2 Å². The van der Waals surface area contributed by atoms with Gasteiger partial charge in [-0.1, -0.05) is 30.8 Å². The molecule has 12 heteroatoms. The number of hydrogen-bond donors (Lipinski definition) is 0. The van der Waals surface area contributed by atoms with Gasteiger partial charge in [0.1, 0.15) is 12.4 Å². The van der Waals surface area contributed by atoms with Crippen LogP contribution in [0.1, 0.15) is 29.2 Å². The van der Waals surface area contributed by atoms with Gasteiger partial charge in [-0.15, -0.1) is 0 Å². The fourth-order valence-corrected chi connectivity index (χ4v) is 5.27. The molecule has 2 aliphatic heterocycles. The standard InChI is InChI=1S/C30H28F6N4O2/c1-18-6-4-5-7-24(18)25-17-26(39-10-8-38(9-11-39)20(3)41)37-28-27(25)19(2)40(12-13-42-28)23-15-21(29(31,32)33)14-22(16-23)30(34,35)36/h4-7,14-17H,2,8-13H2,1,3H3. The quantitative estimate of drug-likeness (QED) is 0.321. The van der Waals surface area contributed by atoms with E-state index in [9.17, 15) is 31.1 Å². The molecule has 6 nitrogen and oxygen atoms in total. The second-order valence-corrected chi connectivity index (χ2v) is 10.2. The van der Waals surface area contributed by atoms with Crippen molar-refractivity contribution >= 4 is 23.1 Å². The van der Waals surface area contributed by atoms with Crippen LogP contribution in [0.15, 0.2) is 55.1 Å². The minimum absolute atomic E-state index is 0.0202. The van der Waals surface area contributed by atoms with Gasteiger partial charge in [-0.05, 0) is 42.3 Å². The molecule has 3 heterocycles. The lowest BCUT2D eigenvalue weighted by molar-refractivity contribution is -0.143. The highest BCUT2D eigenvalue weighted by Gasteiger charge is 2.38. The highest BCUT2D eigenvalue weighted by Crippen LogP contribution is 2.44. The van der Waals surface area contributed by atoms with Crippen LogP contribution < -0.4 is 14.5 Å². The lowest BCUT2D eigenvalue weighted by Crippen LogP contribution is -2.48. The number of hydrogen-bond acceptors (Lipinski definition) is 5. The first-order valence-electron chi connectivity index (χ1n) is 13.2. The zero-order valence-electron chi connectivity index (χ0n) is 22.9. The third-order valence-electron chi connectivity index (χ3n) is 7.51. The number of rotatable bonds is 3. The molecular weight excluding hydrogens is 562 g/mol. The Hall–Kier alpha value is -4.22. The van der Waals surface area contributed by atoms with Gasteiger partial charge >= 0.3 is 12.4 Å². The molecular formula is C30H28F6N4O2. The van der Waals surface area contributed by atoms with Crippen LogP contribution in [0, 0.1) is 6.92 Å². The van der Waals surface area contributed by atoms with Gasteiger partial charge in [0.05, 0.1) is 23.2 Å². The molecule has 0 bridgehead atoms. The van der Waals surface area contributed by atoms with E-state index in [0.29, 0.717) is 55.3 Å². The largest absolute Gasteiger partial charge is 0.475 e. The van der Waals surface area contributed by atoms with Crippen molar-refractivity contribution in [1.29, 1.82) is 0 Å². The molecule has 0 unspecified atom stereocenters. The maximum atomic E-state index is 13.7. The van der Waals surface area contributed by atoms with Gasteiger partial charge in [0.25, 0.3) is 0 Å². The predicted molar refractivity (Wildman–Crippen MR) is 147 cm³/mol. The van der Waals surface area contributed by atoms with Gasteiger partial charge < -0.3 is 19.4 Å². The Morgan fingerprint density at radius 3 is 2.07 bits per heavy atom. The molecule has 42 heavy (non-hydrogen) atoms. The Labute approximate surface area is 238 Å². The topological polar surface area (TPSA) is 48.9 Å². The predicted octanol–water partition coefficient (Wildman–Crippen LogP) is 6.63. The summed E-state index contributed by atoms with van der Waals surface area (Å²) in [7, 11) is 0. The maximum absolute atomic E-state index is 13.7. The molecule has 0 aliphatic carbocycles. The number of carbonyl (C=O) groups excluding carboxylic acids is 1. The summed E-state index contributed by atoms with van der Waals surface area (Å²) >= 11 is 0. The number of aryl methyl sites for hydroxylation is 1. The fraction of sp³-hybridized carbons (Fsp3) is 0.333. The van der Waals surface area contributed by atoms with E-state index in [4.69, 9.17) is 9.72 Å². The lowest BCUT2D eigenvalue weighted by Gasteiger charge is -2.35. The van der Waals surface area contributed by atoms with Crippen LogP contribution in [-0.2, 0) is 17.1 Å². The highest BCUT2D eigenvalue weighted by molar-refractivity contribution is 5.91. The fourth-order valence-electron chi connectivity index (χ4n) is 5.27. The Balaban J connectivity index is 1.64. The van der Waals surface area contributed by atoms with Crippen LogP contribution in [0.2, 0.25) is 0 Å². The molecule has 3 aromatic rings. The molecule has 0 radical (unpaired) electrons. The molecule has 5 rings (SSSR count). The molecule has 0 saturated carbocycles. The number of anilines is 2. The number of carbonyl (C=O) groups is 1. The summed E-state index contributed by atoms with van der Waals surface area (Å²) in [5.41, 5.74) is -0.300. The molecule has 0 atom stereocenters. The molecule has 0 spiro atoms. The molecule has 1 amide bonds. The number of aromatic nitrogens is 1. The third-order valence-corrected chi connectivity index (χ3v) is 7.51. The van der Waals surface area contributed by atoms with E-state index in [1.165, 1.54) is 11.8 Å². The van der Waals surface area contributed by atoms with Gasteiger partial charge in [-0.25, -0.2) is 0 Å². The first-order chi connectivity index (χ1) is 19.7. The summed E-state index contributed by atoms with van der Waals surface area (Å²) in [5.74, 6) is 0.735. The van der Waals surface area contributed by atoms with Crippen molar-refractivity contribution in [2.24, 2.45) is 0 Å². The summed E-state index contributed by atoms with van der Waals surface area (Å²) in [6, 6.07) is 10.8. The molecule has 2 aliphatic rings. The zero-order chi connectivity index (χ0) is 30.4. The number of benzene rings is 2. The summed E-state index contributed by atoms with van der Waals surface area (Å²) in [6.07, 6.45) is -9.99. The van der Waals surface area contributed by atoms with E-state index < -0.39 is 23.5 Å². The first kappa shape index (κ1) is 29.3. The van der Waals surface area contributed by atoms with Gasteiger partial charge in [0.15, 0.2) is 0 Å². The number of fused-ring (bicyclic) bond motifs is 1. The van der Waals surface area contributed by atoms with Crippen molar-refractivity contribution in [2.75, 3.05) is 49.1 Å². The van der Waals surface area contributed by atoms with Crippen molar-refractivity contribution in [3.63, 3.8) is 0 Å². The summed E-state index contributed by atoms with van der Waals surface area (Å²) in [5, 5.41) is 0. The number of piperazine rings is 1. The minimum Gasteiger partial charge on any atom is -0.475 e. The Morgan fingerprint density at radius 1 is 0.881 bits per heavy atom. The first-order valence-corrected chi connectivity index (χ1v) is 13.2. The Kier molecular flexibility index (Phi) is 7.59. The number of alkyl halides is 6. The maximum Gasteiger partial charge on any atom is 0.416 e. The smallest absolute Gasteiger partial charge is 0.416 e. The van der Waals surface area contributed by atoms with E-state index in [2.05, 4.69) is 6.58 Å². The average molecular weight is 591 g/mol. The second-order valence-electron chi connectivity index (χ2n) is 10.2. The number of halogens is 6. The molecule has 1 saturated heterocycles. The van der Waals surface area contributed by atoms with E-state index in [0.717, 1.165) is 11.1 Å². The van der Waals surface area contributed by atoms with E-state index in [-0.39, 0.29) is 42.4 Å². The van der Waals surface area contributed by atoms with Crippen LogP contribution in [0.5, 0.6) is 5.88 Å². The van der Waals surface area contributed by atoms with Crippen molar-refractivity contribution in [1.82, 2.24) is 9.88 Å². The van der Waals surface area contributed by atoms with Gasteiger partial charge in [0.2, 0.25) is 11.8 Å². The van der Waals surface area contributed by atoms with Crippen LogP contribution in [-0.4, -0.2) is 55.1 Å². The molecule has 1 aromatic heterocycles. The van der Waals surface area contributed by atoms with Crippen molar-refractivity contribution < 1.29 is 35.9 Å². The van der Waals surface area contributed by atoms with Crippen molar-refractivity contribution in [2.45, 2.75) is 26.2 Å². The van der Waals surface area contributed by atoms with Crippen molar-refractivity contribution in [3.8, 4) is 17.0 Å². The van der Waals surface area contributed by atoms with E-state index >= 15 is 0 Å². The monoisotopic (exact) mass is 590 g/mol. The minimum atomic E-state index is -4.99. The highest BCUT2D eigenvalue weighted by atomic mass is 19.4. The molecule has 222 valence electrons. The van der Waals surface area contributed by atoms with Gasteiger partial charge in [-0.3, -0.25) is 4.79 Å². The second kappa shape index (κ2) is 10.9.